The monoisotopic (exact) mass is 1090 g/mol. The van der Waals surface area contributed by atoms with Gasteiger partial charge in [0.1, 0.15) is 23.2 Å². The van der Waals surface area contributed by atoms with Crippen molar-refractivity contribution in [1.82, 2.24) is 25.7 Å². The van der Waals surface area contributed by atoms with Crippen LogP contribution < -0.4 is 44.2 Å². The Morgan fingerprint density at radius 1 is 0.936 bits per heavy atom. The van der Waals surface area contributed by atoms with Gasteiger partial charge in [0.25, 0.3) is 0 Å². The highest BCUT2D eigenvalue weighted by atomic mass is 32.1. The van der Waals surface area contributed by atoms with Crippen molar-refractivity contribution in [3.8, 4) is 16.2 Å². The number of aliphatic imine (C=N–C) groups is 1. The van der Waals surface area contributed by atoms with E-state index in [1.807, 2.05) is 11.6 Å². The molecule has 3 unspecified atom stereocenters. The van der Waals surface area contributed by atoms with E-state index in [0.717, 1.165) is 81.3 Å². The first-order valence-electron chi connectivity index (χ1n) is 28.4. The normalized spacial score (nSPS) is 18.5. The number of phenols is 1. The number of carbonyl (C=O) groups excluding carboxylic acids is 2. The molecule has 3 saturated heterocycles. The van der Waals surface area contributed by atoms with Gasteiger partial charge in [-0.2, -0.15) is 0 Å². The number of nitrogens with one attached hydrogen (secondary N) is 2. The molecule has 0 radical (unpaired) electrons. The van der Waals surface area contributed by atoms with Crippen LogP contribution in [-0.4, -0.2) is 103 Å². The van der Waals surface area contributed by atoms with E-state index in [0.29, 0.717) is 53.3 Å². The van der Waals surface area contributed by atoms with Crippen LogP contribution in [0, 0.1) is 30.6 Å². The zero-order valence-electron chi connectivity index (χ0n) is 47.0. The number of aromatic nitrogens is 2. The first kappa shape index (κ1) is 61.0. The van der Waals surface area contributed by atoms with E-state index in [1.54, 1.807) is 54.1 Å². The topological polar surface area (TPSA) is 276 Å². The number of benzene rings is 2. The largest absolute Gasteiger partial charge is 0.507 e. The molecule has 78 heavy (non-hydrogen) atoms. The second-order valence-corrected chi connectivity index (χ2v) is 22.8. The molecule has 18 heteroatoms. The summed E-state index contributed by atoms with van der Waals surface area (Å²) in [5, 5.41) is 20.9. The Hall–Kier alpha value is -6.21. The number of rotatable bonds is 21. The fourth-order valence-electron chi connectivity index (χ4n) is 10.9. The molecule has 3 atom stereocenters. The number of likely N-dealkylation sites (tertiary alicyclic amines) is 1. The van der Waals surface area contributed by atoms with Gasteiger partial charge in [-0.15, -0.1) is 11.3 Å². The Kier molecular flexibility index (Phi) is 24.6. The maximum absolute atomic E-state index is 13.3. The third kappa shape index (κ3) is 18.2. The molecule has 2 aromatic carbocycles. The van der Waals surface area contributed by atoms with Crippen molar-refractivity contribution in [3.05, 3.63) is 112 Å². The van der Waals surface area contributed by atoms with E-state index in [4.69, 9.17) is 37.0 Å². The lowest BCUT2D eigenvalue weighted by atomic mass is 9.82. The molecule has 0 spiro atoms. The van der Waals surface area contributed by atoms with E-state index in [2.05, 4.69) is 100 Å². The number of aromatic hydroxyl groups is 1. The second-order valence-electron chi connectivity index (χ2n) is 21.9. The number of unbranched alkanes of at least 4 members (excludes halogenated alkanes) is 1. The smallest absolute Gasteiger partial charge is 0.231 e. The third-order valence-electron chi connectivity index (χ3n) is 16.0. The summed E-state index contributed by atoms with van der Waals surface area (Å²) in [6.07, 6.45) is 20.0. The zero-order chi connectivity index (χ0) is 56.0. The molecular weight excluding hydrogens is 1000 g/mol. The molecule has 426 valence electrons. The molecule has 2 aromatic heterocycles. The van der Waals surface area contributed by atoms with Crippen LogP contribution in [0.4, 0.5) is 5.82 Å². The molecule has 8 rings (SSSR count). The summed E-state index contributed by atoms with van der Waals surface area (Å²) in [5.74, 6) is 3.53. The number of thiazole rings is 1. The highest BCUT2D eigenvalue weighted by molar-refractivity contribution is 7.13. The lowest BCUT2D eigenvalue weighted by Gasteiger charge is -2.39. The Labute approximate surface area is 467 Å². The van der Waals surface area contributed by atoms with Crippen LogP contribution in [0.5, 0.6) is 5.75 Å². The maximum atomic E-state index is 13.3. The van der Waals surface area contributed by atoms with Gasteiger partial charge in [-0.25, -0.2) is 4.98 Å². The van der Waals surface area contributed by atoms with Crippen molar-refractivity contribution in [1.29, 1.82) is 0 Å². The summed E-state index contributed by atoms with van der Waals surface area (Å²) in [4.78, 5) is 37.0. The van der Waals surface area contributed by atoms with Crippen molar-refractivity contribution in [2.24, 2.45) is 57.3 Å². The zero-order valence-corrected chi connectivity index (χ0v) is 47.8. The van der Waals surface area contributed by atoms with Crippen molar-refractivity contribution in [2.45, 2.75) is 136 Å². The van der Waals surface area contributed by atoms with Gasteiger partial charge >= 0.3 is 0 Å². The van der Waals surface area contributed by atoms with E-state index >= 15 is 0 Å². The number of phenolic OH excluding ortho intramolecular Hbond substituents is 1. The van der Waals surface area contributed by atoms with Crippen molar-refractivity contribution >= 4 is 41.4 Å². The first-order chi connectivity index (χ1) is 37.7. The summed E-state index contributed by atoms with van der Waals surface area (Å²) in [7, 11) is 0. The van der Waals surface area contributed by atoms with Crippen LogP contribution in [0.2, 0.25) is 0 Å². The van der Waals surface area contributed by atoms with E-state index in [1.165, 1.54) is 80.6 Å². The van der Waals surface area contributed by atoms with Gasteiger partial charge in [0.05, 0.1) is 28.3 Å². The molecule has 3 aliphatic heterocycles. The van der Waals surface area contributed by atoms with Crippen LogP contribution in [0.25, 0.3) is 16.1 Å². The number of piperidine rings is 3. The van der Waals surface area contributed by atoms with E-state index in [-0.39, 0.29) is 41.6 Å². The Morgan fingerprint density at radius 3 is 2.22 bits per heavy atom. The predicted octanol–water partition coefficient (Wildman–Crippen LogP) is 8.62. The molecule has 13 N–H and O–H groups in total. The Balaban J connectivity index is 0.000000278. The molecule has 1 aliphatic carbocycles. The van der Waals surface area contributed by atoms with Crippen LogP contribution in [0.3, 0.4) is 0 Å². The minimum absolute atomic E-state index is 0.0373. The highest BCUT2D eigenvalue weighted by Gasteiger charge is 2.32. The summed E-state index contributed by atoms with van der Waals surface area (Å²) < 4.78 is 12.1. The lowest BCUT2D eigenvalue weighted by molar-refractivity contribution is -0.124. The number of anilines is 1. The Bertz CT molecular complexity index is 2560. The Morgan fingerprint density at radius 2 is 1.62 bits per heavy atom. The highest BCUT2D eigenvalue weighted by Crippen LogP contribution is 2.34. The summed E-state index contributed by atoms with van der Waals surface area (Å²) in [6, 6.07) is 17.7. The number of carbonyl (C=O) groups is 2. The molecule has 17 nitrogen and oxygen atoms in total. The summed E-state index contributed by atoms with van der Waals surface area (Å²) >= 11 is 1.69. The molecule has 4 aliphatic rings. The number of primary amides is 1. The quantitative estimate of drug-likeness (QED) is 0.0168. The number of aryl methyl sites for hydroxylation is 1. The average molecular weight is 1090 g/mol. The lowest BCUT2D eigenvalue weighted by Crippen LogP contribution is -2.43. The van der Waals surface area contributed by atoms with Gasteiger partial charge in [-0.05, 0) is 161 Å². The predicted molar refractivity (Wildman–Crippen MR) is 316 cm³/mol. The van der Waals surface area contributed by atoms with Gasteiger partial charge in [0.15, 0.2) is 11.6 Å². The van der Waals surface area contributed by atoms with Gasteiger partial charge in [0.2, 0.25) is 12.3 Å². The number of hydrogen-bond donors (Lipinski definition) is 8. The number of allylic oxidation sites excluding steroid dienone is 2. The van der Waals surface area contributed by atoms with Crippen molar-refractivity contribution in [3.63, 3.8) is 0 Å². The molecule has 5 heterocycles. The van der Waals surface area contributed by atoms with Gasteiger partial charge in [-0.1, -0.05) is 75.7 Å². The maximum Gasteiger partial charge on any atom is 0.231 e. The fourth-order valence-corrected chi connectivity index (χ4v) is 11.7. The SMILES string of the molecule is CC(/C(C=NC(/C=C(\N)c1ccccc1O)=C(N)N)=C/N)C1CCNCC1.Cc1ncsc1-c1ccc(C(C)CCCCNC(=O)C(c2cc(N3CCC(CN4CCC(OC5CCC5)CC4)CC3)no2)C(C)C)cc1.NC=O. The molecule has 4 aromatic rings. The second kappa shape index (κ2) is 31.4. The summed E-state index contributed by atoms with van der Waals surface area (Å²) in [6.45, 7) is 18.9. The van der Waals surface area contributed by atoms with Gasteiger partial charge in [-0.3, -0.25) is 14.6 Å². The summed E-state index contributed by atoms with van der Waals surface area (Å²) in [5.41, 5.74) is 35.3. The van der Waals surface area contributed by atoms with Gasteiger partial charge < -0.3 is 63.5 Å². The van der Waals surface area contributed by atoms with Crippen LogP contribution in [0.1, 0.15) is 139 Å². The number of amides is 2. The van der Waals surface area contributed by atoms with Gasteiger partial charge in [0, 0.05) is 62.8 Å². The van der Waals surface area contributed by atoms with Crippen LogP contribution >= 0.6 is 11.3 Å². The number of nitrogens with two attached hydrogens (primary N) is 5. The average Bonchev–Trinajstić information content (AvgIpc) is 4.10. The number of ether oxygens (including phenoxy) is 1. The molecule has 1 saturated carbocycles. The van der Waals surface area contributed by atoms with E-state index in [9.17, 15) is 9.90 Å². The molecule has 0 bridgehead atoms. The number of nitrogens with zero attached hydrogens (tertiary/aromatic N) is 5. The third-order valence-corrected chi connectivity index (χ3v) is 17.0. The van der Waals surface area contributed by atoms with Crippen LogP contribution in [0.15, 0.2) is 99.0 Å². The fraction of sp³-hybridized carbons (Fsp3) is 0.550. The molecule has 4 fully saturated rings. The number of hydrogen-bond acceptors (Lipinski definition) is 16. The molecule has 2 amide bonds. The standard InChI is InChI=1S/C39H57N5O3S.C20H30N6O.CH3NO/c1-27(2)37(39(45)40-19-6-5-8-28(3)31-11-13-32(14-12-31)38-29(4)41-26-48-38)35-24-36(42-47-35)44-22-15-30(16-23-44)25-43-20-17-34(18-21-43)46-33-9-7-10-33;1-13(14-6-8-25-9-7-14)15(11-21)12-26-18(20(23)24)10-17(22)16-4-2-3-5-19(16)27;2-1-3/h11-14,24,26-28,30,33-34,37H,5-10,15-23,25H2,1-4H3,(H,40,45);2-5,10-14,25,27H,6-9,21-24H2,1H3;1H,(H2,2,3)/b;15-11+,17-10-,26-12?;. The van der Waals surface area contributed by atoms with Crippen LogP contribution in [-0.2, 0) is 14.3 Å². The van der Waals surface area contributed by atoms with Crippen molar-refractivity contribution in [2.75, 3.05) is 57.3 Å². The first-order valence-corrected chi connectivity index (χ1v) is 29.3. The van der Waals surface area contributed by atoms with Crippen molar-refractivity contribution < 1.29 is 24.0 Å². The molecular formula is C60H90N12O5S. The minimum atomic E-state index is -0.334. The minimum Gasteiger partial charge on any atom is -0.507 e. The van der Waals surface area contributed by atoms with E-state index < -0.39 is 0 Å². The number of para-hydroxylation sites is 1.